The third kappa shape index (κ3) is 7.76. The van der Waals surface area contributed by atoms with Crippen LogP contribution in [0.4, 0.5) is 0 Å². The molecule has 4 aliphatic rings. The van der Waals surface area contributed by atoms with Crippen molar-refractivity contribution in [3.63, 3.8) is 0 Å². The van der Waals surface area contributed by atoms with Crippen molar-refractivity contribution in [1.82, 2.24) is 0 Å². The quantitative estimate of drug-likeness (QED) is 0.168. The van der Waals surface area contributed by atoms with Gasteiger partial charge in [-0.15, -0.1) is 0 Å². The number of benzene rings is 10. The Morgan fingerprint density at radius 1 is 0.392 bits per heavy atom. The average molecular weight is 1090 g/mol. The highest BCUT2D eigenvalue weighted by Crippen LogP contribution is 2.64. The lowest BCUT2D eigenvalue weighted by Gasteiger charge is -2.39. The van der Waals surface area contributed by atoms with Gasteiger partial charge in [-0.1, -0.05) is 190 Å². The van der Waals surface area contributed by atoms with Gasteiger partial charge in [0.25, 0.3) is 0 Å². The van der Waals surface area contributed by atoms with Crippen LogP contribution in [-0.2, 0) is 10.8 Å². The van der Waals surface area contributed by atoms with Crippen molar-refractivity contribution in [2.24, 2.45) is 0 Å². The van der Waals surface area contributed by atoms with Crippen molar-refractivity contribution in [2.75, 3.05) is 0 Å². The number of hydrogen-bond donors (Lipinski definition) is 2. The van der Waals surface area contributed by atoms with Crippen molar-refractivity contribution in [3.05, 3.63) is 289 Å². The first-order valence-corrected chi connectivity index (χ1v) is 27.0. The lowest BCUT2D eigenvalue weighted by atomic mass is 9.67. The molecule has 0 radical (unpaired) electrons. The number of fused-ring (bicyclic) bond motifs is 18. The number of hydrogen-bond acceptors (Lipinski definition) is 6. The zero-order valence-electron chi connectivity index (χ0n) is 39.1. The fraction of sp³-hybridized carbons (Fsp3) is 0.0312. The topological polar surface area (TPSA) is 88.0 Å². The van der Waals surface area contributed by atoms with Gasteiger partial charge in [-0.25, -0.2) is 0 Å². The summed E-state index contributed by atoms with van der Waals surface area (Å²) >= 11 is 20.4. The standard InChI is InChI=1S/C32H18ClNS.C25H14BrClS.C7H6BNO2/c33-23-13-15-27-25(18-23)24-17-22(21-7-5-6-20(16-21)19-34)12-14-26(24)32(27)28-8-1-3-10-30(28)35-31-11-4-2-9-29(31)32;26-15-9-11-19-17(13-15)18-14-16(27)10-12-20(18)25(19)21-5-1-3-7-23(21)28-24-8-4-2-6-22(24)25;9-5-6-2-1-3-7(4-6)8(10)11/h1-18H;1-14H;1-4,10-11H. The van der Waals surface area contributed by atoms with Crippen molar-refractivity contribution in [2.45, 2.75) is 30.4 Å². The summed E-state index contributed by atoms with van der Waals surface area (Å²) in [5, 5.41) is 36.7. The number of nitrogens with zero attached hydrogens (tertiary/aromatic N) is 2. The minimum Gasteiger partial charge on any atom is -0.423 e. The fourth-order valence-electron chi connectivity index (χ4n) is 11.4. The molecule has 0 unspecified atom stereocenters. The number of halogens is 3. The molecule has 0 saturated heterocycles. The van der Waals surface area contributed by atoms with Crippen molar-refractivity contribution < 1.29 is 10.0 Å². The van der Waals surface area contributed by atoms with Gasteiger partial charge >= 0.3 is 7.12 Å². The molecule has 2 aliphatic heterocycles. The first-order chi connectivity index (χ1) is 36.1. The molecule has 0 aromatic heterocycles. The molecule has 0 saturated carbocycles. The minimum absolute atomic E-state index is 0.311. The molecule has 10 aromatic carbocycles. The molecule has 4 nitrogen and oxygen atoms in total. The maximum Gasteiger partial charge on any atom is 0.488 e. The van der Waals surface area contributed by atoms with Crippen LogP contribution in [0.5, 0.6) is 0 Å². The van der Waals surface area contributed by atoms with E-state index in [1.54, 1.807) is 18.2 Å². The molecule has 352 valence electrons. The summed E-state index contributed by atoms with van der Waals surface area (Å²) in [4.78, 5) is 5.20. The second-order valence-electron chi connectivity index (χ2n) is 18.3. The highest BCUT2D eigenvalue weighted by Gasteiger charge is 2.51. The van der Waals surface area contributed by atoms with Crippen LogP contribution in [0.2, 0.25) is 10.0 Å². The Bertz CT molecular complexity index is 3870. The van der Waals surface area contributed by atoms with E-state index in [4.69, 9.17) is 38.5 Å². The molecule has 10 heteroatoms. The van der Waals surface area contributed by atoms with Crippen LogP contribution in [0, 0.1) is 22.7 Å². The minimum atomic E-state index is -1.50. The van der Waals surface area contributed by atoms with Crippen molar-refractivity contribution >= 4 is 75.2 Å². The van der Waals surface area contributed by atoms with Crippen molar-refractivity contribution in [3.8, 4) is 45.5 Å². The number of nitriles is 2. The van der Waals surface area contributed by atoms with Crippen LogP contribution in [0.3, 0.4) is 0 Å². The molecular formula is C64H38BBrCl2N2O2S2. The third-order valence-corrected chi connectivity index (χ3v) is 17.7. The maximum atomic E-state index is 9.41. The van der Waals surface area contributed by atoms with Crippen LogP contribution in [0.1, 0.15) is 55.6 Å². The van der Waals surface area contributed by atoms with E-state index >= 15 is 0 Å². The van der Waals surface area contributed by atoms with Crippen LogP contribution < -0.4 is 5.46 Å². The zero-order chi connectivity index (χ0) is 50.7. The Balaban J connectivity index is 0.000000127. The molecule has 10 aromatic rings. The Kier molecular flexibility index (Phi) is 12.5. The van der Waals surface area contributed by atoms with Crippen LogP contribution in [0.25, 0.3) is 33.4 Å². The van der Waals surface area contributed by atoms with E-state index in [0.29, 0.717) is 16.6 Å². The smallest absolute Gasteiger partial charge is 0.423 e. The second-order valence-corrected chi connectivity index (χ2v) is 22.3. The van der Waals surface area contributed by atoms with E-state index in [1.165, 1.54) is 92.4 Å². The highest BCUT2D eigenvalue weighted by molar-refractivity contribution is 9.10. The molecule has 0 fully saturated rings. The van der Waals surface area contributed by atoms with Gasteiger partial charge in [-0.05, 0) is 174 Å². The predicted molar refractivity (Wildman–Crippen MR) is 305 cm³/mol. The molecule has 2 spiro atoms. The Morgan fingerprint density at radius 2 is 0.784 bits per heavy atom. The van der Waals surface area contributed by atoms with Gasteiger partial charge in [0.1, 0.15) is 0 Å². The summed E-state index contributed by atoms with van der Waals surface area (Å²) in [6, 6.07) is 79.4. The zero-order valence-corrected chi connectivity index (χ0v) is 43.8. The van der Waals surface area contributed by atoms with E-state index in [0.717, 1.165) is 25.6 Å². The first kappa shape index (κ1) is 47.9. The molecule has 2 N–H and O–H groups in total. The molecule has 2 heterocycles. The predicted octanol–water partition coefficient (Wildman–Crippen LogP) is 15.9. The third-order valence-electron chi connectivity index (χ3n) is 14.4. The van der Waals surface area contributed by atoms with Gasteiger partial charge in [-0.2, -0.15) is 10.5 Å². The molecule has 2 aliphatic carbocycles. The average Bonchev–Trinajstić information content (AvgIpc) is 3.87. The summed E-state index contributed by atoms with van der Waals surface area (Å²) in [5.41, 5.74) is 18.2. The molecule has 0 bridgehead atoms. The van der Waals surface area contributed by atoms with Crippen LogP contribution in [0.15, 0.2) is 242 Å². The summed E-state index contributed by atoms with van der Waals surface area (Å²) < 4.78 is 1.08. The Labute approximate surface area is 456 Å². The van der Waals surface area contributed by atoms with E-state index in [1.807, 2.05) is 59.9 Å². The van der Waals surface area contributed by atoms with Crippen molar-refractivity contribution in [1.29, 1.82) is 10.5 Å². The van der Waals surface area contributed by atoms with Gasteiger partial charge in [0.05, 0.1) is 34.1 Å². The molecule has 0 amide bonds. The lowest BCUT2D eigenvalue weighted by molar-refractivity contribution is 0.426. The van der Waals surface area contributed by atoms with E-state index in [-0.39, 0.29) is 5.41 Å². The van der Waals surface area contributed by atoms with Gasteiger partial charge in [0, 0.05) is 34.1 Å². The number of rotatable bonds is 2. The van der Waals surface area contributed by atoms with Gasteiger partial charge in [0.15, 0.2) is 0 Å². The summed E-state index contributed by atoms with van der Waals surface area (Å²) in [7, 11) is -1.50. The normalized spacial score (nSPS) is 13.6. The Morgan fingerprint density at radius 3 is 1.26 bits per heavy atom. The maximum absolute atomic E-state index is 9.41. The van der Waals surface area contributed by atoms with Gasteiger partial charge in [-0.3, -0.25) is 0 Å². The van der Waals surface area contributed by atoms with Crippen LogP contribution >= 0.6 is 62.7 Å². The molecular weight excluding hydrogens is 1050 g/mol. The highest BCUT2D eigenvalue weighted by atomic mass is 79.9. The van der Waals surface area contributed by atoms with E-state index in [9.17, 15) is 5.26 Å². The summed E-state index contributed by atoms with van der Waals surface area (Å²) in [5.74, 6) is 0. The monoisotopic (exact) mass is 1090 g/mol. The lowest BCUT2D eigenvalue weighted by Crippen LogP contribution is -2.31. The van der Waals surface area contributed by atoms with E-state index in [2.05, 4.69) is 186 Å². The SMILES string of the molecule is Clc1ccc2c(c1)-c1cc(Br)ccc1C21c2ccccc2Sc2ccccc21.N#Cc1cccc(-c2ccc3c(c2)-c2cc(Cl)ccc2C32c3ccccc3Sc3ccccc32)c1.N#Cc1cccc(B(O)O)c1. The largest absolute Gasteiger partial charge is 0.488 e. The van der Waals surface area contributed by atoms with Gasteiger partial charge < -0.3 is 10.0 Å². The molecule has 0 atom stereocenters. The fourth-order valence-corrected chi connectivity index (χ4v) is 14.5. The summed E-state index contributed by atoms with van der Waals surface area (Å²) in [6.07, 6.45) is 0. The van der Waals surface area contributed by atoms with Crippen LogP contribution in [-0.4, -0.2) is 17.2 Å². The first-order valence-electron chi connectivity index (χ1n) is 23.8. The van der Waals surface area contributed by atoms with Gasteiger partial charge in [0.2, 0.25) is 0 Å². The summed E-state index contributed by atoms with van der Waals surface area (Å²) in [6.45, 7) is 0. The van der Waals surface area contributed by atoms with E-state index < -0.39 is 12.5 Å². The molecule has 74 heavy (non-hydrogen) atoms. The molecule has 14 rings (SSSR count). The Hall–Kier alpha value is -7.08. The second kappa shape index (κ2) is 19.3.